The Bertz CT molecular complexity index is 174. The molecule has 0 atom stereocenters. The average molecular weight is 171 g/mol. The van der Waals surface area contributed by atoms with E-state index in [0.29, 0.717) is 26.2 Å². The molecule has 0 aliphatic carbocycles. The normalized spacial score (nSPS) is 17.7. The Hall–Kier alpha value is -1.46. The number of guanidine groups is 1. The molecule has 0 spiro atoms. The van der Waals surface area contributed by atoms with Gasteiger partial charge in [-0.15, -0.1) is 0 Å². The molecular weight excluding hydrogens is 158 g/mol. The van der Waals surface area contributed by atoms with Crippen LogP contribution in [0.3, 0.4) is 0 Å². The van der Waals surface area contributed by atoms with Crippen LogP contribution in [-0.2, 0) is 0 Å². The molecule has 0 radical (unpaired) electrons. The molecule has 5 N–H and O–H groups in total. The number of urea groups is 1. The number of nitrogens with one attached hydrogen (secondary N) is 1. The van der Waals surface area contributed by atoms with Crippen molar-refractivity contribution in [3.8, 4) is 0 Å². The highest BCUT2D eigenvalue weighted by Crippen LogP contribution is 1.99. The lowest BCUT2D eigenvalue weighted by Gasteiger charge is -2.33. The van der Waals surface area contributed by atoms with Gasteiger partial charge < -0.3 is 21.3 Å². The molecule has 0 bridgehead atoms. The summed E-state index contributed by atoms with van der Waals surface area (Å²) in [6, 6.07) is -0.404. The smallest absolute Gasteiger partial charge is 0.314 e. The van der Waals surface area contributed by atoms with Crippen LogP contribution in [0.4, 0.5) is 4.79 Å². The summed E-state index contributed by atoms with van der Waals surface area (Å²) in [5.41, 5.74) is 10.3. The molecule has 1 aliphatic rings. The van der Waals surface area contributed by atoms with E-state index in [1.54, 1.807) is 9.80 Å². The van der Waals surface area contributed by atoms with Gasteiger partial charge in [0.2, 0.25) is 0 Å². The molecule has 1 heterocycles. The fourth-order valence-electron chi connectivity index (χ4n) is 1.17. The molecule has 68 valence electrons. The van der Waals surface area contributed by atoms with Crippen LogP contribution in [0.5, 0.6) is 0 Å². The summed E-state index contributed by atoms with van der Waals surface area (Å²) in [5.74, 6) is 0.0547. The van der Waals surface area contributed by atoms with Crippen LogP contribution in [0.25, 0.3) is 0 Å². The van der Waals surface area contributed by atoms with Crippen molar-refractivity contribution in [2.45, 2.75) is 0 Å². The number of hydrogen-bond donors (Lipinski definition) is 3. The van der Waals surface area contributed by atoms with Crippen LogP contribution in [0.1, 0.15) is 0 Å². The SMILES string of the molecule is N=C(N)N1CCN(C(N)=O)CC1. The van der Waals surface area contributed by atoms with E-state index < -0.39 is 6.03 Å². The van der Waals surface area contributed by atoms with Crippen molar-refractivity contribution in [1.82, 2.24) is 9.80 Å². The van der Waals surface area contributed by atoms with Crippen LogP contribution >= 0.6 is 0 Å². The molecule has 0 aromatic rings. The molecule has 0 saturated carbocycles. The Morgan fingerprint density at radius 2 is 1.50 bits per heavy atom. The molecule has 0 unspecified atom stereocenters. The van der Waals surface area contributed by atoms with Gasteiger partial charge in [0.05, 0.1) is 0 Å². The lowest BCUT2D eigenvalue weighted by Crippen LogP contribution is -2.53. The highest BCUT2D eigenvalue weighted by atomic mass is 16.2. The first-order chi connectivity index (χ1) is 5.61. The number of hydrogen-bond acceptors (Lipinski definition) is 2. The second-order valence-corrected chi connectivity index (χ2v) is 2.70. The second-order valence-electron chi connectivity index (χ2n) is 2.70. The van der Waals surface area contributed by atoms with Gasteiger partial charge >= 0.3 is 6.03 Å². The highest BCUT2D eigenvalue weighted by molar-refractivity contribution is 5.76. The third-order valence-electron chi connectivity index (χ3n) is 1.93. The van der Waals surface area contributed by atoms with Gasteiger partial charge in [0.15, 0.2) is 5.96 Å². The van der Waals surface area contributed by atoms with Gasteiger partial charge in [-0.3, -0.25) is 5.41 Å². The molecule has 6 nitrogen and oxygen atoms in total. The minimum absolute atomic E-state index is 0.0547. The van der Waals surface area contributed by atoms with Crippen molar-refractivity contribution in [2.75, 3.05) is 26.2 Å². The van der Waals surface area contributed by atoms with Crippen molar-refractivity contribution >= 4 is 12.0 Å². The van der Waals surface area contributed by atoms with Crippen molar-refractivity contribution in [3.05, 3.63) is 0 Å². The van der Waals surface area contributed by atoms with Gasteiger partial charge in [0.1, 0.15) is 0 Å². The Morgan fingerprint density at radius 3 is 1.83 bits per heavy atom. The zero-order valence-corrected chi connectivity index (χ0v) is 6.79. The number of nitrogens with two attached hydrogens (primary N) is 2. The summed E-state index contributed by atoms with van der Waals surface area (Å²) in [6.07, 6.45) is 0. The molecule has 1 saturated heterocycles. The quantitative estimate of drug-likeness (QED) is 0.308. The maximum Gasteiger partial charge on any atom is 0.314 e. The third kappa shape index (κ3) is 1.77. The minimum atomic E-state index is -0.404. The molecule has 2 amide bonds. The van der Waals surface area contributed by atoms with Gasteiger partial charge in [-0.2, -0.15) is 0 Å². The Morgan fingerprint density at radius 1 is 1.08 bits per heavy atom. The first-order valence-electron chi connectivity index (χ1n) is 3.74. The highest BCUT2D eigenvalue weighted by Gasteiger charge is 2.19. The predicted octanol–water partition coefficient (Wildman–Crippen LogP) is -1.42. The average Bonchev–Trinajstić information content (AvgIpc) is 2.04. The number of primary amides is 1. The molecule has 0 aromatic carbocycles. The molecule has 1 rings (SSSR count). The largest absolute Gasteiger partial charge is 0.370 e. The Kier molecular flexibility index (Phi) is 2.37. The molecule has 1 aliphatic heterocycles. The van der Waals surface area contributed by atoms with E-state index >= 15 is 0 Å². The number of piperazine rings is 1. The van der Waals surface area contributed by atoms with E-state index in [4.69, 9.17) is 16.9 Å². The summed E-state index contributed by atoms with van der Waals surface area (Å²) in [5, 5.41) is 7.13. The van der Waals surface area contributed by atoms with Crippen molar-refractivity contribution in [1.29, 1.82) is 5.41 Å². The van der Waals surface area contributed by atoms with E-state index in [9.17, 15) is 4.79 Å². The molecule has 12 heavy (non-hydrogen) atoms. The van der Waals surface area contributed by atoms with Gasteiger partial charge in [0.25, 0.3) is 0 Å². The van der Waals surface area contributed by atoms with Crippen LogP contribution in [0.2, 0.25) is 0 Å². The number of rotatable bonds is 0. The first-order valence-corrected chi connectivity index (χ1v) is 3.74. The Balaban J connectivity index is 2.39. The standard InChI is InChI=1S/C6H13N5O/c7-5(8)10-1-3-11(4-2-10)6(9)12/h1-4H2,(H3,7,8)(H2,9,12). The fraction of sp³-hybridized carbons (Fsp3) is 0.667. The van der Waals surface area contributed by atoms with E-state index in [2.05, 4.69) is 0 Å². The zero-order chi connectivity index (χ0) is 9.14. The van der Waals surface area contributed by atoms with Crippen LogP contribution in [0, 0.1) is 5.41 Å². The van der Waals surface area contributed by atoms with Gasteiger partial charge in [-0.05, 0) is 0 Å². The van der Waals surface area contributed by atoms with Crippen molar-refractivity contribution in [3.63, 3.8) is 0 Å². The van der Waals surface area contributed by atoms with Gasteiger partial charge in [0, 0.05) is 26.2 Å². The minimum Gasteiger partial charge on any atom is -0.370 e. The maximum absolute atomic E-state index is 10.7. The monoisotopic (exact) mass is 171 g/mol. The summed E-state index contributed by atoms with van der Waals surface area (Å²) < 4.78 is 0. The summed E-state index contributed by atoms with van der Waals surface area (Å²) >= 11 is 0. The molecule has 6 heteroatoms. The summed E-state index contributed by atoms with van der Waals surface area (Å²) in [4.78, 5) is 13.9. The van der Waals surface area contributed by atoms with E-state index in [0.717, 1.165) is 0 Å². The van der Waals surface area contributed by atoms with E-state index in [1.807, 2.05) is 0 Å². The fourth-order valence-corrected chi connectivity index (χ4v) is 1.17. The Labute approximate surface area is 70.6 Å². The second kappa shape index (κ2) is 3.29. The predicted molar refractivity (Wildman–Crippen MR) is 44.6 cm³/mol. The van der Waals surface area contributed by atoms with Crippen molar-refractivity contribution in [2.24, 2.45) is 11.5 Å². The molecule has 0 aromatic heterocycles. The lowest BCUT2D eigenvalue weighted by atomic mass is 10.3. The van der Waals surface area contributed by atoms with Crippen LogP contribution < -0.4 is 11.5 Å². The first kappa shape index (κ1) is 8.63. The zero-order valence-electron chi connectivity index (χ0n) is 6.79. The number of nitrogens with zero attached hydrogens (tertiary/aromatic N) is 2. The third-order valence-corrected chi connectivity index (χ3v) is 1.93. The molecule has 1 fully saturated rings. The summed E-state index contributed by atoms with van der Waals surface area (Å²) in [7, 11) is 0. The number of carbonyl (C=O) groups excluding carboxylic acids is 1. The van der Waals surface area contributed by atoms with Crippen LogP contribution in [-0.4, -0.2) is 48.0 Å². The topological polar surface area (TPSA) is 99.4 Å². The maximum atomic E-state index is 10.7. The van der Waals surface area contributed by atoms with E-state index in [-0.39, 0.29) is 5.96 Å². The van der Waals surface area contributed by atoms with Gasteiger partial charge in [-0.25, -0.2) is 4.79 Å². The summed E-state index contributed by atoms with van der Waals surface area (Å²) in [6.45, 7) is 2.29. The van der Waals surface area contributed by atoms with E-state index in [1.165, 1.54) is 0 Å². The van der Waals surface area contributed by atoms with Crippen LogP contribution in [0.15, 0.2) is 0 Å². The lowest BCUT2D eigenvalue weighted by molar-refractivity contribution is 0.177. The number of amides is 2. The van der Waals surface area contributed by atoms with Crippen molar-refractivity contribution < 1.29 is 4.79 Å². The molecular formula is C6H13N5O. The number of carbonyl (C=O) groups is 1. The van der Waals surface area contributed by atoms with Gasteiger partial charge in [-0.1, -0.05) is 0 Å².